The van der Waals surface area contributed by atoms with E-state index in [0.29, 0.717) is 12.4 Å². The molecule has 1 aromatic rings. The summed E-state index contributed by atoms with van der Waals surface area (Å²) in [5, 5.41) is 3.13. The number of rotatable bonds is 4. The lowest BCUT2D eigenvalue weighted by Crippen LogP contribution is -2.60. The molecule has 138 valence electrons. The molecule has 0 bridgehead atoms. The van der Waals surface area contributed by atoms with Gasteiger partial charge in [-0.25, -0.2) is 9.97 Å². The Bertz CT molecular complexity index is 592. The van der Waals surface area contributed by atoms with Crippen LogP contribution >= 0.6 is 0 Å². The number of hydrogen-bond donors (Lipinski definition) is 1. The standard InChI is InChI=1S/C18H30N6O/c1-4-19-17-20-11-15(12-21-17)13-24-10-9-23(3)18(14-24)6-5-16(25)22(2)8-7-18/h11-12H,4-10,13-14H2,1-3H3,(H,19,20,21). The van der Waals surface area contributed by atoms with Crippen molar-refractivity contribution in [3.63, 3.8) is 0 Å². The third-order valence-corrected chi connectivity index (χ3v) is 5.67. The molecule has 2 saturated heterocycles. The fraction of sp³-hybridized carbons (Fsp3) is 0.722. The zero-order valence-corrected chi connectivity index (χ0v) is 15.7. The van der Waals surface area contributed by atoms with Gasteiger partial charge in [0.1, 0.15) is 0 Å². The van der Waals surface area contributed by atoms with E-state index in [1.165, 1.54) is 0 Å². The number of hydrogen-bond acceptors (Lipinski definition) is 6. The Morgan fingerprint density at radius 3 is 2.64 bits per heavy atom. The predicted octanol–water partition coefficient (Wildman–Crippen LogP) is 1.04. The van der Waals surface area contributed by atoms with Gasteiger partial charge in [0.25, 0.3) is 0 Å². The smallest absolute Gasteiger partial charge is 0.222 e. The average Bonchev–Trinajstić information content (AvgIpc) is 2.75. The zero-order chi connectivity index (χ0) is 17.9. The highest BCUT2D eigenvalue weighted by Crippen LogP contribution is 2.32. The Kier molecular flexibility index (Phi) is 5.54. The maximum Gasteiger partial charge on any atom is 0.222 e. The molecule has 25 heavy (non-hydrogen) atoms. The van der Waals surface area contributed by atoms with Crippen LogP contribution in [0.25, 0.3) is 0 Å². The number of carbonyl (C=O) groups excluding carboxylic acids is 1. The molecular weight excluding hydrogens is 316 g/mol. The van der Waals surface area contributed by atoms with E-state index in [2.05, 4.69) is 32.1 Å². The zero-order valence-electron chi connectivity index (χ0n) is 15.7. The van der Waals surface area contributed by atoms with Crippen LogP contribution in [0.1, 0.15) is 31.7 Å². The molecule has 1 spiro atoms. The van der Waals surface area contributed by atoms with Gasteiger partial charge in [-0.3, -0.25) is 14.6 Å². The van der Waals surface area contributed by atoms with Crippen LogP contribution in [-0.4, -0.2) is 82.9 Å². The fourth-order valence-electron chi connectivity index (χ4n) is 3.92. The molecule has 7 heteroatoms. The van der Waals surface area contributed by atoms with Gasteiger partial charge in [0.05, 0.1) is 0 Å². The number of nitrogens with one attached hydrogen (secondary N) is 1. The summed E-state index contributed by atoms with van der Waals surface area (Å²) in [6, 6.07) is 0. The van der Waals surface area contributed by atoms with Gasteiger partial charge in [-0.15, -0.1) is 0 Å². The summed E-state index contributed by atoms with van der Waals surface area (Å²) in [5.41, 5.74) is 1.24. The number of aromatic nitrogens is 2. The van der Waals surface area contributed by atoms with Crippen LogP contribution in [0.15, 0.2) is 12.4 Å². The molecule has 3 heterocycles. The first-order valence-corrected chi connectivity index (χ1v) is 9.25. The van der Waals surface area contributed by atoms with Gasteiger partial charge < -0.3 is 10.2 Å². The molecule has 7 nitrogen and oxygen atoms in total. The molecule has 3 rings (SSSR count). The van der Waals surface area contributed by atoms with Crippen LogP contribution in [0.5, 0.6) is 0 Å². The Morgan fingerprint density at radius 1 is 1.16 bits per heavy atom. The molecule has 1 aromatic heterocycles. The fourth-order valence-corrected chi connectivity index (χ4v) is 3.92. The monoisotopic (exact) mass is 346 g/mol. The molecule has 0 saturated carbocycles. The van der Waals surface area contributed by atoms with Gasteiger partial charge in [-0.2, -0.15) is 0 Å². The Balaban J connectivity index is 1.66. The summed E-state index contributed by atoms with van der Waals surface area (Å²) >= 11 is 0. The topological polar surface area (TPSA) is 64.6 Å². The van der Waals surface area contributed by atoms with E-state index in [1.54, 1.807) is 0 Å². The number of amides is 1. The molecule has 0 aliphatic carbocycles. The summed E-state index contributed by atoms with van der Waals surface area (Å²) < 4.78 is 0. The minimum atomic E-state index is 0.100. The van der Waals surface area contributed by atoms with Crippen LogP contribution in [0.2, 0.25) is 0 Å². The van der Waals surface area contributed by atoms with Crippen LogP contribution in [0.3, 0.4) is 0 Å². The number of carbonyl (C=O) groups is 1. The van der Waals surface area contributed by atoms with Crippen molar-refractivity contribution in [2.75, 3.05) is 52.1 Å². The second kappa shape index (κ2) is 7.66. The number of likely N-dealkylation sites (N-methyl/N-ethyl adjacent to an activating group) is 1. The third kappa shape index (κ3) is 4.10. The minimum Gasteiger partial charge on any atom is -0.355 e. The van der Waals surface area contributed by atoms with E-state index in [9.17, 15) is 4.79 Å². The van der Waals surface area contributed by atoms with Gasteiger partial charge in [-0.1, -0.05) is 0 Å². The molecule has 2 fully saturated rings. The molecule has 0 radical (unpaired) electrons. The second-order valence-electron chi connectivity index (χ2n) is 7.37. The molecule has 2 aliphatic rings. The molecular formula is C18H30N6O. The average molecular weight is 346 g/mol. The maximum absolute atomic E-state index is 12.1. The SMILES string of the molecule is CCNc1ncc(CN2CCN(C)C3(CCC(=O)N(C)CC3)C2)cn1. The molecule has 0 aromatic carbocycles. The first-order chi connectivity index (χ1) is 12.0. The van der Waals surface area contributed by atoms with Crippen LogP contribution < -0.4 is 5.32 Å². The van der Waals surface area contributed by atoms with E-state index in [4.69, 9.17) is 0 Å². The van der Waals surface area contributed by atoms with Crippen LogP contribution in [0, 0.1) is 0 Å². The summed E-state index contributed by atoms with van der Waals surface area (Å²) in [7, 11) is 4.13. The first kappa shape index (κ1) is 18.1. The van der Waals surface area contributed by atoms with Gasteiger partial charge in [0.2, 0.25) is 11.9 Å². The van der Waals surface area contributed by atoms with Crippen molar-refractivity contribution >= 4 is 11.9 Å². The highest BCUT2D eigenvalue weighted by Gasteiger charge is 2.41. The van der Waals surface area contributed by atoms with Crippen molar-refractivity contribution in [3.8, 4) is 0 Å². The molecule has 2 aliphatic heterocycles. The molecule has 1 atom stereocenters. The summed E-state index contributed by atoms with van der Waals surface area (Å²) in [4.78, 5) is 27.7. The van der Waals surface area contributed by atoms with Gasteiger partial charge in [-0.05, 0) is 26.8 Å². The van der Waals surface area contributed by atoms with E-state index in [0.717, 1.165) is 57.7 Å². The number of nitrogens with zero attached hydrogens (tertiary/aromatic N) is 5. The van der Waals surface area contributed by atoms with Crippen molar-refractivity contribution in [1.82, 2.24) is 24.7 Å². The van der Waals surface area contributed by atoms with Crippen molar-refractivity contribution in [1.29, 1.82) is 0 Å². The lowest BCUT2D eigenvalue weighted by Gasteiger charge is -2.49. The largest absolute Gasteiger partial charge is 0.355 e. The first-order valence-electron chi connectivity index (χ1n) is 9.25. The number of piperazine rings is 1. The highest BCUT2D eigenvalue weighted by molar-refractivity contribution is 5.76. The van der Waals surface area contributed by atoms with Gasteiger partial charge in [0.15, 0.2) is 0 Å². The number of likely N-dealkylation sites (tertiary alicyclic amines) is 1. The van der Waals surface area contributed by atoms with Crippen LogP contribution in [0.4, 0.5) is 5.95 Å². The lowest BCUT2D eigenvalue weighted by molar-refractivity contribution is -0.129. The van der Waals surface area contributed by atoms with E-state index in [1.807, 2.05) is 31.3 Å². The predicted molar refractivity (Wildman–Crippen MR) is 98.3 cm³/mol. The van der Waals surface area contributed by atoms with Crippen molar-refractivity contribution in [2.45, 2.75) is 38.3 Å². The van der Waals surface area contributed by atoms with Crippen LogP contribution in [-0.2, 0) is 11.3 Å². The van der Waals surface area contributed by atoms with Crippen molar-refractivity contribution in [3.05, 3.63) is 18.0 Å². The Labute approximate surface area is 150 Å². The van der Waals surface area contributed by atoms with Gasteiger partial charge >= 0.3 is 0 Å². The van der Waals surface area contributed by atoms with Gasteiger partial charge in [0, 0.05) is 76.2 Å². The van der Waals surface area contributed by atoms with Crippen molar-refractivity contribution in [2.24, 2.45) is 0 Å². The maximum atomic E-state index is 12.1. The van der Waals surface area contributed by atoms with E-state index in [-0.39, 0.29) is 11.4 Å². The summed E-state index contributed by atoms with van der Waals surface area (Å²) in [6.45, 7) is 7.65. The third-order valence-electron chi connectivity index (χ3n) is 5.67. The minimum absolute atomic E-state index is 0.100. The molecule has 1 unspecified atom stereocenters. The Hall–Kier alpha value is -1.73. The summed E-state index contributed by atoms with van der Waals surface area (Å²) in [5.74, 6) is 0.959. The summed E-state index contributed by atoms with van der Waals surface area (Å²) in [6.07, 6.45) is 6.47. The quantitative estimate of drug-likeness (QED) is 0.879. The van der Waals surface area contributed by atoms with E-state index >= 15 is 0 Å². The molecule has 1 N–H and O–H groups in total. The Morgan fingerprint density at radius 2 is 1.92 bits per heavy atom. The normalized spacial score (nSPS) is 26.0. The van der Waals surface area contributed by atoms with E-state index < -0.39 is 0 Å². The second-order valence-corrected chi connectivity index (χ2v) is 7.37. The highest BCUT2D eigenvalue weighted by atomic mass is 16.2. The number of anilines is 1. The molecule has 1 amide bonds. The lowest BCUT2D eigenvalue weighted by atomic mass is 9.86. The van der Waals surface area contributed by atoms with Crippen molar-refractivity contribution < 1.29 is 4.79 Å².